The van der Waals surface area contributed by atoms with Crippen LogP contribution in [0.25, 0.3) is 10.1 Å². The Kier molecular flexibility index (Phi) is 6.14. The summed E-state index contributed by atoms with van der Waals surface area (Å²) in [4.78, 5) is 13.1. The topological polar surface area (TPSA) is 75.7 Å². The fourth-order valence-corrected chi connectivity index (χ4v) is 5.89. The molecule has 0 atom stereocenters. The smallest absolute Gasteiger partial charge is 0.261 e. The summed E-state index contributed by atoms with van der Waals surface area (Å²) in [6.07, 6.45) is 0. The van der Waals surface area contributed by atoms with Crippen LogP contribution in [0.4, 0.5) is 4.39 Å². The molecule has 6 nitrogen and oxygen atoms in total. The summed E-state index contributed by atoms with van der Waals surface area (Å²) in [6.45, 7) is 1.71. The largest absolute Gasteiger partial charge is 0.379 e. The molecule has 0 bridgehead atoms. The lowest BCUT2D eigenvalue weighted by atomic mass is 10.1. The lowest BCUT2D eigenvalue weighted by Crippen LogP contribution is -2.41. The summed E-state index contributed by atoms with van der Waals surface area (Å²) in [5, 5.41) is 3.53. The molecule has 0 spiro atoms. The molecule has 30 heavy (non-hydrogen) atoms. The Hall–Kier alpha value is -2.33. The van der Waals surface area contributed by atoms with E-state index < -0.39 is 10.0 Å². The highest BCUT2D eigenvalue weighted by Gasteiger charge is 2.25. The van der Waals surface area contributed by atoms with Gasteiger partial charge in [-0.1, -0.05) is 24.3 Å². The van der Waals surface area contributed by atoms with Gasteiger partial charge in [0.05, 0.1) is 23.8 Å². The van der Waals surface area contributed by atoms with Crippen LogP contribution in [0, 0.1) is 5.82 Å². The van der Waals surface area contributed by atoms with Crippen LogP contribution in [0.3, 0.4) is 0 Å². The van der Waals surface area contributed by atoms with E-state index in [4.69, 9.17) is 4.74 Å². The first kappa shape index (κ1) is 20.9. The van der Waals surface area contributed by atoms with Gasteiger partial charge in [0.1, 0.15) is 5.82 Å². The number of benzene rings is 2. The van der Waals surface area contributed by atoms with E-state index in [0.717, 1.165) is 10.3 Å². The minimum atomic E-state index is -3.46. The first-order chi connectivity index (χ1) is 14.4. The molecule has 1 fully saturated rings. The number of nitrogens with zero attached hydrogens (tertiary/aromatic N) is 1. The fraction of sp³-hybridized carbons (Fsp3) is 0.286. The van der Waals surface area contributed by atoms with E-state index in [0.29, 0.717) is 42.1 Å². The van der Waals surface area contributed by atoms with Gasteiger partial charge < -0.3 is 10.1 Å². The number of hydrogen-bond donors (Lipinski definition) is 1. The van der Waals surface area contributed by atoms with E-state index in [2.05, 4.69) is 5.32 Å². The van der Waals surface area contributed by atoms with Gasteiger partial charge in [-0.05, 0) is 40.8 Å². The zero-order valence-corrected chi connectivity index (χ0v) is 17.8. The number of sulfonamides is 1. The molecule has 1 saturated heterocycles. The number of hydrogen-bond acceptors (Lipinski definition) is 5. The van der Waals surface area contributed by atoms with Crippen LogP contribution < -0.4 is 5.32 Å². The molecule has 1 amide bonds. The molecule has 0 unspecified atom stereocenters. The van der Waals surface area contributed by atoms with Gasteiger partial charge in [-0.2, -0.15) is 4.31 Å². The van der Waals surface area contributed by atoms with E-state index >= 15 is 0 Å². The molecule has 4 rings (SSSR count). The van der Waals surface area contributed by atoms with Crippen LogP contribution in [0.5, 0.6) is 0 Å². The number of morpholine rings is 1. The van der Waals surface area contributed by atoms with E-state index in [9.17, 15) is 17.6 Å². The van der Waals surface area contributed by atoms with Crippen molar-refractivity contribution in [2.75, 3.05) is 26.3 Å². The average molecular weight is 449 g/mol. The molecule has 2 aromatic carbocycles. The van der Waals surface area contributed by atoms with Gasteiger partial charge in [-0.3, -0.25) is 4.79 Å². The number of rotatable bonds is 6. The van der Waals surface area contributed by atoms with Gasteiger partial charge >= 0.3 is 0 Å². The molecular formula is C21H21FN2O4S2. The molecular weight excluding hydrogens is 427 g/mol. The zero-order chi connectivity index (χ0) is 21.1. The number of carbonyl (C=O) groups excluding carboxylic acids is 1. The maximum atomic E-state index is 13.4. The van der Waals surface area contributed by atoms with Gasteiger partial charge in [0.25, 0.3) is 5.91 Å². The molecule has 9 heteroatoms. The Morgan fingerprint density at radius 3 is 2.60 bits per heavy atom. The Labute approximate surface area is 178 Å². The van der Waals surface area contributed by atoms with E-state index in [1.807, 2.05) is 12.1 Å². The maximum absolute atomic E-state index is 13.4. The van der Waals surface area contributed by atoms with E-state index in [1.54, 1.807) is 24.3 Å². The van der Waals surface area contributed by atoms with Crippen molar-refractivity contribution in [3.8, 4) is 0 Å². The standard InChI is InChI=1S/C21H21FN2O4S2/c22-18-5-6-19-17(11-18)12-20(29-19)21(25)23-13-15-3-1-2-4-16(15)14-30(26,27)24-7-9-28-10-8-24/h1-6,11-12H,7-10,13-14H2,(H,23,25). The van der Waals surface area contributed by atoms with Crippen LogP contribution in [0.1, 0.15) is 20.8 Å². The summed E-state index contributed by atoms with van der Waals surface area (Å²) < 4.78 is 46.4. The lowest BCUT2D eigenvalue weighted by Gasteiger charge is -2.26. The Bertz CT molecular complexity index is 1170. The van der Waals surface area contributed by atoms with Gasteiger partial charge in [0, 0.05) is 24.3 Å². The summed E-state index contributed by atoms with van der Waals surface area (Å²) in [5.41, 5.74) is 1.40. The highest BCUT2D eigenvalue weighted by atomic mass is 32.2. The highest BCUT2D eigenvalue weighted by molar-refractivity contribution is 7.88. The SMILES string of the molecule is O=C(NCc1ccccc1CS(=O)(=O)N1CCOCC1)c1cc2cc(F)ccc2s1. The predicted molar refractivity (Wildman–Crippen MR) is 114 cm³/mol. The van der Waals surface area contributed by atoms with Crippen LogP contribution >= 0.6 is 11.3 Å². The fourth-order valence-electron chi connectivity index (χ4n) is 3.37. The van der Waals surface area contributed by atoms with Crippen molar-refractivity contribution in [1.82, 2.24) is 9.62 Å². The second kappa shape index (κ2) is 8.81. The number of ether oxygens (including phenoxy) is 1. The van der Waals surface area contributed by atoms with Crippen LogP contribution in [-0.2, 0) is 27.1 Å². The van der Waals surface area contributed by atoms with Gasteiger partial charge in [-0.25, -0.2) is 12.8 Å². The number of halogens is 1. The Morgan fingerprint density at radius 2 is 1.83 bits per heavy atom. The van der Waals surface area contributed by atoms with Gasteiger partial charge in [0.15, 0.2) is 0 Å². The van der Waals surface area contributed by atoms with E-state index in [-0.39, 0.29) is 24.0 Å². The molecule has 1 N–H and O–H groups in total. The second-order valence-electron chi connectivity index (χ2n) is 7.01. The minimum Gasteiger partial charge on any atom is -0.379 e. The third-order valence-electron chi connectivity index (χ3n) is 4.96. The second-order valence-corrected chi connectivity index (χ2v) is 10.1. The molecule has 3 aromatic rings. The Morgan fingerprint density at radius 1 is 1.10 bits per heavy atom. The van der Waals surface area contributed by atoms with Crippen molar-refractivity contribution in [3.63, 3.8) is 0 Å². The molecule has 0 saturated carbocycles. The van der Waals surface area contributed by atoms with Crippen LogP contribution in [0.15, 0.2) is 48.5 Å². The Balaban J connectivity index is 1.46. The average Bonchev–Trinajstić information content (AvgIpc) is 3.16. The maximum Gasteiger partial charge on any atom is 0.261 e. The summed E-state index contributed by atoms with van der Waals surface area (Å²) in [5.74, 6) is -0.744. The summed E-state index contributed by atoms with van der Waals surface area (Å²) in [6, 6.07) is 13.3. The summed E-state index contributed by atoms with van der Waals surface area (Å²) in [7, 11) is -3.46. The molecule has 0 aliphatic carbocycles. The molecule has 1 aliphatic rings. The quantitative estimate of drug-likeness (QED) is 0.629. The molecule has 0 radical (unpaired) electrons. The van der Waals surface area contributed by atoms with E-state index in [1.165, 1.54) is 27.8 Å². The number of amides is 1. The third-order valence-corrected chi connectivity index (χ3v) is 7.90. The van der Waals surface area contributed by atoms with Crippen LogP contribution in [-0.4, -0.2) is 44.9 Å². The van der Waals surface area contributed by atoms with Gasteiger partial charge in [-0.15, -0.1) is 11.3 Å². The first-order valence-corrected chi connectivity index (χ1v) is 11.9. The third kappa shape index (κ3) is 4.70. The molecule has 158 valence electrons. The predicted octanol–water partition coefficient (Wildman–Crippen LogP) is 3.13. The normalized spacial score (nSPS) is 15.4. The number of fused-ring (bicyclic) bond motifs is 1. The lowest BCUT2D eigenvalue weighted by molar-refractivity contribution is 0.0729. The van der Waals surface area contributed by atoms with Crippen LogP contribution in [0.2, 0.25) is 0 Å². The molecule has 1 aliphatic heterocycles. The molecule has 1 aromatic heterocycles. The number of carbonyl (C=O) groups is 1. The van der Waals surface area contributed by atoms with Crippen molar-refractivity contribution in [2.24, 2.45) is 0 Å². The number of nitrogens with one attached hydrogen (secondary N) is 1. The minimum absolute atomic E-state index is 0.124. The zero-order valence-electron chi connectivity index (χ0n) is 16.1. The highest BCUT2D eigenvalue weighted by Crippen LogP contribution is 2.26. The number of thiophene rings is 1. The first-order valence-electron chi connectivity index (χ1n) is 9.52. The van der Waals surface area contributed by atoms with Crippen molar-refractivity contribution in [2.45, 2.75) is 12.3 Å². The molecule has 2 heterocycles. The van der Waals surface area contributed by atoms with Crippen molar-refractivity contribution >= 4 is 37.4 Å². The monoisotopic (exact) mass is 448 g/mol. The van der Waals surface area contributed by atoms with Crippen molar-refractivity contribution in [3.05, 3.63) is 70.4 Å². The van der Waals surface area contributed by atoms with Crippen molar-refractivity contribution < 1.29 is 22.3 Å². The van der Waals surface area contributed by atoms with Crippen molar-refractivity contribution in [1.29, 1.82) is 0 Å². The van der Waals surface area contributed by atoms with Gasteiger partial charge in [0.2, 0.25) is 10.0 Å². The summed E-state index contributed by atoms with van der Waals surface area (Å²) >= 11 is 1.29.